The second-order valence-electron chi connectivity index (χ2n) is 9.94. The first-order valence-electron chi connectivity index (χ1n) is 12.2. The van der Waals surface area contributed by atoms with Gasteiger partial charge in [0, 0.05) is 18.3 Å². The molecule has 3 aliphatic carbocycles. The molecule has 4 aliphatic rings. The van der Waals surface area contributed by atoms with Crippen LogP contribution in [-0.4, -0.2) is 34.6 Å². The van der Waals surface area contributed by atoms with Gasteiger partial charge in [-0.15, -0.1) is 23.2 Å². The van der Waals surface area contributed by atoms with Gasteiger partial charge in [-0.25, -0.2) is 0 Å². The molecule has 4 amide bonds. The molecule has 0 saturated carbocycles. The van der Waals surface area contributed by atoms with E-state index in [9.17, 15) is 19.2 Å². The number of amides is 4. The predicted molar refractivity (Wildman–Crippen MR) is 144 cm³/mol. The summed E-state index contributed by atoms with van der Waals surface area (Å²) in [5.74, 6) is -3.72. The lowest BCUT2D eigenvalue weighted by atomic mass is 9.54. The van der Waals surface area contributed by atoms with Crippen LogP contribution in [0.3, 0.4) is 0 Å². The van der Waals surface area contributed by atoms with Gasteiger partial charge in [0.1, 0.15) is 15.8 Å². The Labute approximate surface area is 229 Å². The van der Waals surface area contributed by atoms with E-state index in [1.165, 1.54) is 13.8 Å². The van der Waals surface area contributed by atoms with E-state index in [1.54, 1.807) is 24.3 Å². The van der Waals surface area contributed by atoms with Crippen molar-refractivity contribution in [2.45, 2.75) is 29.6 Å². The van der Waals surface area contributed by atoms with Gasteiger partial charge in [0.2, 0.25) is 23.6 Å². The molecule has 2 N–H and O–H groups in total. The molecule has 9 heteroatoms. The van der Waals surface area contributed by atoms with Crippen LogP contribution >= 0.6 is 23.2 Å². The highest BCUT2D eigenvalue weighted by atomic mass is 35.5. The summed E-state index contributed by atoms with van der Waals surface area (Å²) >= 11 is 14.8. The number of carbonyl (C=O) groups is 4. The zero-order chi connectivity index (χ0) is 27.0. The third kappa shape index (κ3) is 3.15. The van der Waals surface area contributed by atoms with Gasteiger partial charge < -0.3 is 10.6 Å². The molecule has 38 heavy (non-hydrogen) atoms. The monoisotopic (exact) mass is 547 g/mol. The molecule has 1 fully saturated rings. The lowest BCUT2D eigenvalue weighted by molar-refractivity contribution is -0.146. The number of imide groups is 1. The third-order valence-corrected chi connectivity index (χ3v) is 9.14. The Balaban J connectivity index is 1.36. The van der Waals surface area contributed by atoms with Crippen LogP contribution in [0.15, 0.2) is 72.8 Å². The maximum Gasteiger partial charge on any atom is 0.247 e. The molecule has 2 bridgehead atoms. The van der Waals surface area contributed by atoms with Gasteiger partial charge in [-0.2, -0.15) is 0 Å². The van der Waals surface area contributed by atoms with Gasteiger partial charge in [0.05, 0.1) is 11.8 Å². The van der Waals surface area contributed by atoms with E-state index in [-0.39, 0.29) is 5.91 Å². The topological polar surface area (TPSA) is 95.6 Å². The van der Waals surface area contributed by atoms with Crippen LogP contribution in [0.1, 0.15) is 36.1 Å². The molecular formula is C29H23Cl2N3O4. The van der Waals surface area contributed by atoms with E-state index in [0.717, 1.165) is 4.90 Å². The number of hydrogen-bond acceptors (Lipinski definition) is 4. The Morgan fingerprint density at radius 3 is 1.47 bits per heavy atom. The summed E-state index contributed by atoms with van der Waals surface area (Å²) in [5, 5.41) is 5.40. The number of anilines is 2. The number of nitrogens with zero attached hydrogens (tertiary/aromatic N) is 1. The Morgan fingerprint density at radius 1 is 0.737 bits per heavy atom. The normalized spacial score (nSPS) is 27.3. The molecule has 3 atom stereocenters. The van der Waals surface area contributed by atoms with Crippen molar-refractivity contribution in [1.29, 1.82) is 0 Å². The van der Waals surface area contributed by atoms with Crippen molar-refractivity contribution in [3.05, 3.63) is 95.1 Å². The molecule has 0 aromatic heterocycles. The second kappa shape index (κ2) is 8.41. The van der Waals surface area contributed by atoms with E-state index in [0.29, 0.717) is 33.6 Å². The number of carbonyl (C=O) groups excluding carboxylic acids is 4. The molecule has 192 valence electrons. The van der Waals surface area contributed by atoms with Crippen molar-refractivity contribution < 1.29 is 19.2 Å². The predicted octanol–water partition coefficient (Wildman–Crippen LogP) is 4.57. The highest BCUT2D eigenvalue weighted by Gasteiger charge is 2.73. The van der Waals surface area contributed by atoms with Gasteiger partial charge in [-0.1, -0.05) is 48.5 Å². The highest BCUT2D eigenvalue weighted by molar-refractivity contribution is 6.36. The zero-order valence-electron chi connectivity index (χ0n) is 20.5. The number of hydrogen-bond donors (Lipinski definition) is 2. The molecule has 1 saturated heterocycles. The van der Waals surface area contributed by atoms with Crippen molar-refractivity contribution >= 4 is 58.2 Å². The maximum absolute atomic E-state index is 14.0. The average molecular weight is 548 g/mol. The van der Waals surface area contributed by atoms with Gasteiger partial charge in [0.15, 0.2) is 0 Å². The zero-order valence-corrected chi connectivity index (χ0v) is 22.0. The number of benzene rings is 3. The van der Waals surface area contributed by atoms with Gasteiger partial charge >= 0.3 is 0 Å². The summed E-state index contributed by atoms with van der Waals surface area (Å²) < 4.78 is 0. The highest BCUT2D eigenvalue weighted by Crippen LogP contribution is 2.69. The Hall–Kier alpha value is -3.68. The first-order chi connectivity index (χ1) is 18.1. The molecule has 7 nitrogen and oxygen atoms in total. The van der Waals surface area contributed by atoms with Gasteiger partial charge in [-0.05, 0) is 53.4 Å². The summed E-state index contributed by atoms with van der Waals surface area (Å²) in [6.07, 6.45) is 0. The summed E-state index contributed by atoms with van der Waals surface area (Å²) in [4.78, 5) is 50.9. The maximum atomic E-state index is 14.0. The van der Waals surface area contributed by atoms with Crippen LogP contribution in [0.5, 0.6) is 0 Å². The molecule has 0 radical (unpaired) electrons. The van der Waals surface area contributed by atoms with Crippen molar-refractivity contribution in [3.8, 4) is 0 Å². The Bertz CT molecular complexity index is 1420. The summed E-state index contributed by atoms with van der Waals surface area (Å²) in [6.45, 7) is 2.91. The Morgan fingerprint density at radius 2 is 1.11 bits per heavy atom. The van der Waals surface area contributed by atoms with Crippen LogP contribution in [0.4, 0.5) is 11.4 Å². The number of likely N-dealkylation sites (tertiary alicyclic amines) is 1. The largest absolute Gasteiger partial charge is 0.326 e. The van der Waals surface area contributed by atoms with Crippen molar-refractivity contribution in [3.63, 3.8) is 0 Å². The van der Waals surface area contributed by atoms with E-state index in [1.807, 2.05) is 48.5 Å². The molecule has 7 rings (SSSR count). The van der Waals surface area contributed by atoms with Crippen molar-refractivity contribution in [1.82, 2.24) is 4.90 Å². The summed E-state index contributed by atoms with van der Waals surface area (Å²) in [7, 11) is 0. The molecule has 0 unspecified atom stereocenters. The van der Waals surface area contributed by atoms with Gasteiger partial charge in [-0.3, -0.25) is 24.1 Å². The first-order valence-corrected chi connectivity index (χ1v) is 13.0. The fraction of sp³-hybridized carbons (Fsp3) is 0.241. The third-order valence-electron chi connectivity index (χ3n) is 7.86. The number of nitrogens with one attached hydrogen (secondary N) is 2. The molecule has 3 aromatic rings. The Kier molecular flexibility index (Phi) is 5.46. The fourth-order valence-electron chi connectivity index (χ4n) is 6.27. The molecule has 0 spiro atoms. The van der Waals surface area contributed by atoms with Crippen LogP contribution in [-0.2, 0) is 28.9 Å². The number of halogens is 2. The van der Waals surface area contributed by atoms with E-state index < -0.39 is 45.3 Å². The minimum Gasteiger partial charge on any atom is -0.326 e. The molecule has 1 aliphatic heterocycles. The minimum atomic E-state index is -1.30. The van der Waals surface area contributed by atoms with Crippen LogP contribution in [0, 0.1) is 11.8 Å². The van der Waals surface area contributed by atoms with Crippen LogP contribution in [0.25, 0.3) is 0 Å². The minimum absolute atomic E-state index is 0.213. The summed E-state index contributed by atoms with van der Waals surface area (Å²) in [5.41, 5.74) is 3.85. The van der Waals surface area contributed by atoms with Gasteiger partial charge in [0.25, 0.3) is 0 Å². The second-order valence-corrected chi connectivity index (χ2v) is 11.1. The van der Waals surface area contributed by atoms with Crippen LogP contribution in [0.2, 0.25) is 0 Å². The first kappa shape index (κ1) is 24.6. The van der Waals surface area contributed by atoms with Crippen LogP contribution < -0.4 is 10.6 Å². The van der Waals surface area contributed by atoms with E-state index >= 15 is 0 Å². The lowest BCUT2D eigenvalue weighted by Gasteiger charge is -2.54. The lowest BCUT2D eigenvalue weighted by Crippen LogP contribution is -2.57. The number of alkyl halides is 2. The molecule has 3 aromatic carbocycles. The smallest absolute Gasteiger partial charge is 0.247 e. The quantitative estimate of drug-likeness (QED) is 0.369. The standard InChI is InChI=1S/C29H23Cl2N3O4/c1-15(25(36)33-18-13-11-17(12-14-18)32-16(2)35)34-26(37)23-24(27(34)38)29(31)20-8-4-3-7-19(20)28(23,30)21-9-5-6-10-22(21)29/h3-15,23-24H,1-2H3,(H,32,35)(H,33,36)/t15-,23-,24+,28?,29?/m0/s1. The van der Waals surface area contributed by atoms with E-state index in [2.05, 4.69) is 10.6 Å². The number of rotatable bonds is 4. The molecular weight excluding hydrogens is 525 g/mol. The average Bonchev–Trinajstić information content (AvgIpc) is 3.18. The van der Waals surface area contributed by atoms with Crippen molar-refractivity contribution in [2.24, 2.45) is 11.8 Å². The fourth-order valence-corrected chi connectivity index (χ4v) is 7.37. The summed E-state index contributed by atoms with van der Waals surface area (Å²) in [6, 6.07) is 20.2. The molecule has 1 heterocycles. The van der Waals surface area contributed by atoms with Crippen molar-refractivity contribution in [2.75, 3.05) is 10.6 Å². The SMILES string of the molecule is CC(=O)Nc1ccc(NC(=O)[C@H](C)N2C(=O)[C@@H]3[C@H](C2=O)C2(Cl)c4ccccc4C3(Cl)c3ccccc32)cc1. The van der Waals surface area contributed by atoms with E-state index in [4.69, 9.17) is 23.2 Å².